The zero-order valence-corrected chi connectivity index (χ0v) is 24.9. The SMILES string of the molecule is CCN(CC)c1nc(-c2ccccc2)cs1.COC.Nc1c(Cl)cc([N+](=O)[O-])cc1Cl.Nc1cc(O)ccc1O. The van der Waals surface area contributed by atoms with Crippen LogP contribution in [0.2, 0.25) is 10.0 Å². The molecule has 0 aliphatic heterocycles. The average molecular weight is 611 g/mol. The van der Waals surface area contributed by atoms with Crippen LogP contribution in [0.3, 0.4) is 0 Å². The van der Waals surface area contributed by atoms with E-state index in [-0.39, 0.29) is 38.6 Å². The monoisotopic (exact) mass is 609 g/mol. The molecule has 0 saturated heterocycles. The first-order valence-electron chi connectivity index (χ1n) is 11.8. The molecule has 1 aromatic heterocycles. The number of phenols is 2. The highest BCUT2D eigenvalue weighted by Gasteiger charge is 2.12. The number of halogens is 2. The molecule has 0 fully saturated rings. The molecule has 0 aliphatic carbocycles. The van der Waals surface area contributed by atoms with Crippen molar-refractivity contribution in [3.05, 3.63) is 86.2 Å². The Morgan fingerprint density at radius 3 is 2.00 bits per heavy atom. The van der Waals surface area contributed by atoms with Gasteiger partial charge in [0, 0.05) is 56.5 Å². The Morgan fingerprint density at radius 1 is 1.00 bits per heavy atom. The summed E-state index contributed by atoms with van der Waals surface area (Å²) in [7, 11) is 3.25. The number of nitrogens with two attached hydrogens (primary N) is 2. The molecule has 4 aromatic rings. The van der Waals surface area contributed by atoms with E-state index in [4.69, 9.17) is 44.9 Å². The molecular weight excluding hydrogens is 577 g/mol. The molecule has 0 spiro atoms. The highest BCUT2D eigenvalue weighted by molar-refractivity contribution is 7.14. The second-order valence-electron chi connectivity index (χ2n) is 7.79. The van der Waals surface area contributed by atoms with Crippen molar-refractivity contribution >= 4 is 56.7 Å². The molecule has 216 valence electrons. The second kappa shape index (κ2) is 17.7. The first kappa shape index (κ1) is 34.3. The third kappa shape index (κ3) is 11.1. The van der Waals surface area contributed by atoms with Gasteiger partial charge in [-0.05, 0) is 26.0 Å². The number of aromatic nitrogens is 1. The van der Waals surface area contributed by atoms with Gasteiger partial charge in [0.1, 0.15) is 11.5 Å². The number of ether oxygens (including phenoxy) is 1. The zero-order chi connectivity index (χ0) is 30.2. The minimum absolute atomic E-state index is 0.00667. The minimum Gasteiger partial charge on any atom is -0.508 e. The smallest absolute Gasteiger partial charge is 0.272 e. The molecular formula is C27H33Cl2N5O5S. The van der Waals surface area contributed by atoms with Gasteiger partial charge in [0.2, 0.25) is 0 Å². The number of benzene rings is 3. The van der Waals surface area contributed by atoms with E-state index in [0.29, 0.717) is 0 Å². The molecule has 0 aliphatic rings. The van der Waals surface area contributed by atoms with E-state index in [1.165, 1.54) is 23.8 Å². The third-order valence-electron chi connectivity index (χ3n) is 4.88. The number of phenolic OH excluding ortho intramolecular Hbond substituents is 2. The lowest BCUT2D eigenvalue weighted by Gasteiger charge is -2.16. The molecule has 4 rings (SSSR count). The Hall–Kier alpha value is -3.77. The van der Waals surface area contributed by atoms with Gasteiger partial charge in [0.15, 0.2) is 5.13 Å². The molecule has 1 heterocycles. The molecule has 10 nitrogen and oxygen atoms in total. The predicted molar refractivity (Wildman–Crippen MR) is 166 cm³/mol. The van der Waals surface area contributed by atoms with Crippen LogP contribution >= 0.6 is 34.5 Å². The van der Waals surface area contributed by atoms with Crippen molar-refractivity contribution in [3.63, 3.8) is 0 Å². The molecule has 6 N–H and O–H groups in total. The summed E-state index contributed by atoms with van der Waals surface area (Å²) in [5.74, 6) is 0.0538. The van der Waals surface area contributed by atoms with E-state index in [1.807, 2.05) is 18.2 Å². The Balaban J connectivity index is 0.000000296. The van der Waals surface area contributed by atoms with Gasteiger partial charge in [-0.1, -0.05) is 53.5 Å². The van der Waals surface area contributed by atoms with Crippen LogP contribution in [0, 0.1) is 10.1 Å². The van der Waals surface area contributed by atoms with E-state index < -0.39 is 4.92 Å². The van der Waals surface area contributed by atoms with Crippen LogP contribution in [0.15, 0.2) is 66.0 Å². The van der Waals surface area contributed by atoms with Crippen LogP contribution in [0.4, 0.5) is 22.2 Å². The number of nitro groups is 1. The molecule has 13 heteroatoms. The third-order valence-corrected chi connectivity index (χ3v) is 6.41. The van der Waals surface area contributed by atoms with Gasteiger partial charge < -0.3 is 31.3 Å². The fourth-order valence-corrected chi connectivity index (χ4v) is 4.30. The van der Waals surface area contributed by atoms with Crippen LogP contribution < -0.4 is 16.4 Å². The lowest BCUT2D eigenvalue weighted by Crippen LogP contribution is -2.21. The quantitative estimate of drug-likeness (QED) is 0.0608. The molecule has 0 saturated carbocycles. The number of methoxy groups -OCH3 is 1. The number of rotatable bonds is 5. The Bertz CT molecular complexity index is 1320. The van der Waals surface area contributed by atoms with Crippen molar-refractivity contribution in [2.45, 2.75) is 13.8 Å². The van der Waals surface area contributed by atoms with E-state index in [0.717, 1.165) is 36.0 Å². The second-order valence-corrected chi connectivity index (χ2v) is 9.44. The summed E-state index contributed by atoms with van der Waals surface area (Å²) in [5.41, 5.74) is 13.0. The Labute approximate surface area is 247 Å². The van der Waals surface area contributed by atoms with Crippen molar-refractivity contribution in [3.8, 4) is 22.8 Å². The molecule has 0 amide bonds. The summed E-state index contributed by atoms with van der Waals surface area (Å²) in [4.78, 5) is 16.6. The number of thiazole rings is 1. The maximum Gasteiger partial charge on any atom is 0.272 e. The highest BCUT2D eigenvalue weighted by Crippen LogP contribution is 2.32. The number of aromatic hydroxyl groups is 2. The van der Waals surface area contributed by atoms with Crippen LogP contribution in [0.1, 0.15) is 13.8 Å². The topological polar surface area (TPSA) is 161 Å². The van der Waals surface area contributed by atoms with Crippen LogP contribution in [0.25, 0.3) is 11.3 Å². The summed E-state index contributed by atoms with van der Waals surface area (Å²) >= 11 is 12.8. The fraction of sp³-hybridized carbons (Fsp3) is 0.222. The van der Waals surface area contributed by atoms with Gasteiger partial charge in [-0.2, -0.15) is 0 Å². The molecule has 0 radical (unpaired) electrons. The summed E-state index contributed by atoms with van der Waals surface area (Å²) in [5, 5.41) is 31.2. The predicted octanol–water partition coefficient (Wildman–Crippen LogP) is 7.08. The van der Waals surface area contributed by atoms with Gasteiger partial charge in [0.05, 0.1) is 32.0 Å². The molecule has 40 heavy (non-hydrogen) atoms. The van der Waals surface area contributed by atoms with Gasteiger partial charge in [-0.15, -0.1) is 11.3 Å². The van der Waals surface area contributed by atoms with E-state index in [1.54, 1.807) is 25.6 Å². The minimum atomic E-state index is -0.586. The number of nitrogens with zero attached hydrogens (tertiary/aromatic N) is 3. The number of non-ortho nitro benzene ring substituents is 1. The highest BCUT2D eigenvalue weighted by atomic mass is 35.5. The molecule has 3 aromatic carbocycles. The summed E-state index contributed by atoms with van der Waals surface area (Å²) in [6.07, 6.45) is 0. The number of hydrogen-bond acceptors (Lipinski definition) is 10. The van der Waals surface area contributed by atoms with Crippen LogP contribution in [-0.4, -0.2) is 47.4 Å². The Kier molecular flexibility index (Phi) is 15.2. The standard InChI is InChI=1S/C13H16N2S.C6H4Cl2N2O2.C6H7NO2.C2H6O/c1-3-15(4-2)13-14-12(10-16-13)11-8-6-5-7-9-11;7-4-1-3(10(11)12)2-5(8)6(4)9;7-5-3-4(8)1-2-6(5)9;1-3-2/h5-10H,3-4H2,1-2H3;1-2H,9H2;1-3,8-9H,7H2;1-2H3. The fourth-order valence-electron chi connectivity index (χ4n) is 2.86. The van der Waals surface area contributed by atoms with Crippen molar-refractivity contribution in [2.75, 3.05) is 43.7 Å². The Morgan fingerprint density at radius 2 is 1.55 bits per heavy atom. The van der Waals surface area contributed by atoms with Crippen molar-refractivity contribution in [2.24, 2.45) is 0 Å². The first-order chi connectivity index (χ1) is 19.0. The number of hydrogen-bond donors (Lipinski definition) is 4. The zero-order valence-electron chi connectivity index (χ0n) is 22.5. The lowest BCUT2D eigenvalue weighted by atomic mass is 10.2. The van der Waals surface area contributed by atoms with Crippen molar-refractivity contribution in [1.29, 1.82) is 0 Å². The number of anilines is 3. The number of nitro benzene ring substituents is 1. The van der Waals surface area contributed by atoms with Crippen molar-refractivity contribution < 1.29 is 19.9 Å². The number of nitrogen functional groups attached to an aromatic ring is 2. The summed E-state index contributed by atoms with van der Waals surface area (Å²) in [6, 6.07) is 16.6. The van der Waals surface area contributed by atoms with E-state index >= 15 is 0 Å². The maximum absolute atomic E-state index is 10.3. The maximum atomic E-state index is 10.3. The average Bonchev–Trinajstić information content (AvgIpc) is 3.42. The van der Waals surface area contributed by atoms with Gasteiger partial charge in [-0.25, -0.2) is 4.98 Å². The largest absolute Gasteiger partial charge is 0.508 e. The van der Waals surface area contributed by atoms with Crippen LogP contribution in [0.5, 0.6) is 11.5 Å². The van der Waals surface area contributed by atoms with Crippen LogP contribution in [-0.2, 0) is 4.74 Å². The van der Waals surface area contributed by atoms with Gasteiger partial charge in [-0.3, -0.25) is 10.1 Å². The van der Waals surface area contributed by atoms with Gasteiger partial charge >= 0.3 is 0 Å². The molecule has 0 bridgehead atoms. The molecule has 0 unspecified atom stereocenters. The normalized spacial score (nSPS) is 9.65. The molecule has 0 atom stereocenters. The summed E-state index contributed by atoms with van der Waals surface area (Å²) in [6.45, 7) is 6.34. The summed E-state index contributed by atoms with van der Waals surface area (Å²) < 4.78 is 4.25. The van der Waals surface area contributed by atoms with Gasteiger partial charge in [0.25, 0.3) is 5.69 Å². The first-order valence-corrected chi connectivity index (χ1v) is 13.4. The lowest BCUT2D eigenvalue weighted by molar-refractivity contribution is -0.384. The van der Waals surface area contributed by atoms with E-state index in [9.17, 15) is 10.1 Å². The van der Waals surface area contributed by atoms with E-state index in [2.05, 4.69) is 46.0 Å². The van der Waals surface area contributed by atoms with Crippen molar-refractivity contribution in [1.82, 2.24) is 4.98 Å².